The van der Waals surface area contributed by atoms with E-state index in [1.807, 2.05) is 0 Å². The predicted octanol–water partition coefficient (Wildman–Crippen LogP) is 3.86. The second-order valence-corrected chi connectivity index (χ2v) is 6.06. The van der Waals surface area contributed by atoms with Crippen molar-refractivity contribution in [1.29, 1.82) is 0 Å². The first-order valence-corrected chi connectivity index (χ1v) is 7.28. The fourth-order valence-corrected chi connectivity index (χ4v) is 3.04. The highest BCUT2D eigenvalue weighted by atomic mass is 79.9. The Labute approximate surface area is 109 Å². The van der Waals surface area contributed by atoms with Gasteiger partial charge in [0.25, 0.3) is 0 Å². The van der Waals surface area contributed by atoms with Crippen LogP contribution in [0.4, 0.5) is 0 Å². The smallest absolute Gasteiger partial charge is 0.113 e. The van der Waals surface area contributed by atoms with E-state index in [1.165, 1.54) is 9.35 Å². The van der Waals surface area contributed by atoms with Crippen LogP contribution >= 0.6 is 27.3 Å². The summed E-state index contributed by atoms with van der Waals surface area (Å²) in [5.74, 6) is 1.08. The maximum absolute atomic E-state index is 5.74. The second-order valence-electron chi connectivity index (χ2n) is 3.77. The standard InChI is InChI=1S/C12H16BrNOS/c1-2-14-12(9-7-11(13)16-8-9)10-5-3-4-6-15-10/h5,7-8,12,14H,2-4,6H2,1H3. The minimum atomic E-state index is 0.216. The van der Waals surface area contributed by atoms with Gasteiger partial charge in [0.15, 0.2) is 0 Å². The number of thiophene rings is 1. The van der Waals surface area contributed by atoms with Gasteiger partial charge in [-0.25, -0.2) is 0 Å². The molecule has 16 heavy (non-hydrogen) atoms. The van der Waals surface area contributed by atoms with Gasteiger partial charge >= 0.3 is 0 Å². The molecule has 1 N–H and O–H groups in total. The molecule has 1 aliphatic heterocycles. The van der Waals surface area contributed by atoms with E-state index in [0.717, 1.165) is 31.8 Å². The topological polar surface area (TPSA) is 21.3 Å². The Balaban J connectivity index is 2.19. The lowest BCUT2D eigenvalue weighted by molar-refractivity contribution is 0.168. The van der Waals surface area contributed by atoms with Crippen molar-refractivity contribution in [2.24, 2.45) is 0 Å². The van der Waals surface area contributed by atoms with Gasteiger partial charge < -0.3 is 10.1 Å². The first kappa shape index (κ1) is 12.1. The molecule has 1 aromatic heterocycles. The van der Waals surface area contributed by atoms with Gasteiger partial charge in [-0.05, 0) is 58.4 Å². The van der Waals surface area contributed by atoms with Crippen molar-refractivity contribution >= 4 is 27.3 Å². The number of rotatable bonds is 4. The zero-order chi connectivity index (χ0) is 11.4. The number of hydrogen-bond acceptors (Lipinski definition) is 3. The predicted molar refractivity (Wildman–Crippen MR) is 71.7 cm³/mol. The molecule has 0 aliphatic carbocycles. The first-order valence-electron chi connectivity index (χ1n) is 5.61. The van der Waals surface area contributed by atoms with Crippen LogP contribution in [0.25, 0.3) is 0 Å². The Morgan fingerprint density at radius 3 is 3.06 bits per heavy atom. The summed E-state index contributed by atoms with van der Waals surface area (Å²) in [7, 11) is 0. The van der Waals surface area contributed by atoms with Crippen LogP contribution in [0.15, 0.2) is 27.1 Å². The molecule has 88 valence electrons. The van der Waals surface area contributed by atoms with Gasteiger partial charge in [0, 0.05) is 0 Å². The van der Waals surface area contributed by atoms with Crippen LogP contribution in [0, 0.1) is 0 Å². The largest absolute Gasteiger partial charge is 0.496 e. The summed E-state index contributed by atoms with van der Waals surface area (Å²) in [6.45, 7) is 3.91. The van der Waals surface area contributed by atoms with Crippen molar-refractivity contribution in [3.8, 4) is 0 Å². The minimum Gasteiger partial charge on any atom is -0.496 e. The summed E-state index contributed by atoms with van der Waals surface area (Å²) < 4.78 is 6.91. The molecule has 1 aromatic rings. The molecular weight excluding hydrogens is 286 g/mol. The van der Waals surface area contributed by atoms with Gasteiger partial charge in [-0.15, -0.1) is 11.3 Å². The number of allylic oxidation sites excluding steroid dienone is 1. The van der Waals surface area contributed by atoms with E-state index in [4.69, 9.17) is 4.74 Å². The van der Waals surface area contributed by atoms with Gasteiger partial charge in [0.2, 0.25) is 0 Å². The zero-order valence-electron chi connectivity index (χ0n) is 9.33. The summed E-state index contributed by atoms with van der Waals surface area (Å²) in [5.41, 5.74) is 1.28. The fourth-order valence-electron chi connectivity index (χ4n) is 1.84. The highest BCUT2D eigenvalue weighted by Crippen LogP contribution is 2.31. The van der Waals surface area contributed by atoms with Crippen LogP contribution in [-0.2, 0) is 4.74 Å². The maximum atomic E-state index is 5.74. The SMILES string of the molecule is CCNC(C1=CCCCO1)c1csc(Br)c1. The first-order chi connectivity index (χ1) is 7.81. The van der Waals surface area contributed by atoms with Crippen molar-refractivity contribution in [3.05, 3.63) is 32.6 Å². The molecule has 0 fully saturated rings. The molecule has 0 bridgehead atoms. The van der Waals surface area contributed by atoms with E-state index in [1.54, 1.807) is 11.3 Å². The second kappa shape index (κ2) is 5.84. The molecule has 0 saturated carbocycles. The van der Waals surface area contributed by atoms with Gasteiger partial charge in [0.1, 0.15) is 5.76 Å². The van der Waals surface area contributed by atoms with Crippen LogP contribution in [-0.4, -0.2) is 13.2 Å². The van der Waals surface area contributed by atoms with E-state index in [0.29, 0.717) is 0 Å². The van der Waals surface area contributed by atoms with Crippen molar-refractivity contribution < 1.29 is 4.74 Å². The molecule has 0 radical (unpaired) electrons. The van der Waals surface area contributed by atoms with Gasteiger partial charge in [-0.3, -0.25) is 0 Å². The highest BCUT2D eigenvalue weighted by Gasteiger charge is 2.19. The van der Waals surface area contributed by atoms with Gasteiger partial charge in [-0.2, -0.15) is 0 Å². The molecule has 0 spiro atoms. The third-order valence-corrected chi connectivity index (χ3v) is 4.10. The van der Waals surface area contributed by atoms with Crippen molar-refractivity contribution in [2.75, 3.05) is 13.2 Å². The monoisotopic (exact) mass is 301 g/mol. The van der Waals surface area contributed by atoms with E-state index >= 15 is 0 Å². The highest BCUT2D eigenvalue weighted by molar-refractivity contribution is 9.11. The molecule has 1 atom stereocenters. The Bertz CT molecular complexity index is 375. The normalized spacial score (nSPS) is 17.8. The lowest BCUT2D eigenvalue weighted by atomic mass is 10.1. The number of ether oxygens (including phenoxy) is 1. The number of likely N-dealkylation sites (N-methyl/N-ethyl adjacent to an activating group) is 1. The molecule has 0 amide bonds. The summed E-state index contributed by atoms with van der Waals surface area (Å²) in [4.78, 5) is 0. The minimum absolute atomic E-state index is 0.216. The van der Waals surface area contributed by atoms with Crippen molar-refractivity contribution in [3.63, 3.8) is 0 Å². The maximum Gasteiger partial charge on any atom is 0.113 e. The van der Waals surface area contributed by atoms with Gasteiger partial charge in [-0.1, -0.05) is 6.92 Å². The molecule has 2 rings (SSSR count). The Hall–Kier alpha value is -0.320. The average Bonchev–Trinajstić information content (AvgIpc) is 2.74. The van der Waals surface area contributed by atoms with Crippen LogP contribution in [0.3, 0.4) is 0 Å². The van der Waals surface area contributed by atoms with Crippen molar-refractivity contribution in [2.45, 2.75) is 25.8 Å². The summed E-state index contributed by atoms with van der Waals surface area (Å²) in [5, 5.41) is 5.65. The molecule has 1 unspecified atom stereocenters. The summed E-state index contributed by atoms with van der Waals surface area (Å²) >= 11 is 5.22. The van der Waals surface area contributed by atoms with Gasteiger partial charge in [0.05, 0.1) is 16.4 Å². The molecule has 2 nitrogen and oxygen atoms in total. The van der Waals surface area contributed by atoms with Crippen LogP contribution < -0.4 is 5.32 Å². The van der Waals surface area contributed by atoms with Crippen LogP contribution in [0.1, 0.15) is 31.4 Å². The Kier molecular flexibility index (Phi) is 4.44. The van der Waals surface area contributed by atoms with E-state index < -0.39 is 0 Å². The molecular formula is C12H16BrNOS. The Morgan fingerprint density at radius 2 is 2.50 bits per heavy atom. The molecule has 0 aromatic carbocycles. The zero-order valence-corrected chi connectivity index (χ0v) is 11.7. The fraction of sp³-hybridized carbons (Fsp3) is 0.500. The summed E-state index contributed by atoms with van der Waals surface area (Å²) in [6, 6.07) is 2.38. The molecule has 2 heterocycles. The molecule has 1 aliphatic rings. The quantitative estimate of drug-likeness (QED) is 0.912. The lowest BCUT2D eigenvalue weighted by Crippen LogP contribution is -2.24. The number of hydrogen-bond donors (Lipinski definition) is 1. The van der Waals surface area contributed by atoms with E-state index in [2.05, 4.69) is 45.7 Å². The van der Waals surface area contributed by atoms with Crippen LogP contribution in [0.5, 0.6) is 0 Å². The lowest BCUT2D eigenvalue weighted by Gasteiger charge is -2.23. The van der Waals surface area contributed by atoms with Crippen molar-refractivity contribution in [1.82, 2.24) is 5.32 Å². The third kappa shape index (κ3) is 2.87. The Morgan fingerprint density at radius 1 is 1.62 bits per heavy atom. The number of halogens is 1. The van der Waals surface area contributed by atoms with E-state index in [9.17, 15) is 0 Å². The average molecular weight is 302 g/mol. The summed E-state index contributed by atoms with van der Waals surface area (Å²) in [6.07, 6.45) is 4.47. The number of nitrogens with one attached hydrogen (secondary N) is 1. The molecule has 4 heteroatoms. The third-order valence-electron chi connectivity index (χ3n) is 2.58. The van der Waals surface area contributed by atoms with E-state index in [-0.39, 0.29) is 6.04 Å². The van der Waals surface area contributed by atoms with Crippen LogP contribution in [0.2, 0.25) is 0 Å². The molecule has 0 saturated heterocycles.